The normalized spacial score (nSPS) is 13.4. The second-order valence-electron chi connectivity index (χ2n) is 4.76. The molecule has 1 rings (SSSR count). The molecule has 0 atom stereocenters. The van der Waals surface area contributed by atoms with Gasteiger partial charge in [-0.05, 0) is 13.8 Å². The van der Waals surface area contributed by atoms with Crippen LogP contribution in [-0.2, 0) is 8.84 Å². The molecule has 3 heteroatoms. The van der Waals surface area contributed by atoms with Gasteiger partial charge in [0.25, 0.3) is 0 Å². The first-order valence-electron chi connectivity index (χ1n) is 4.36. The van der Waals surface area contributed by atoms with Gasteiger partial charge in [-0.3, -0.25) is 0 Å². The van der Waals surface area contributed by atoms with Gasteiger partial charge in [-0.2, -0.15) is 0 Å². The van der Waals surface area contributed by atoms with Crippen LogP contribution in [0.2, 0.25) is 0 Å². The molecule has 1 nitrogen and oxygen atoms in total. The number of nitrogens with zero attached hydrogens (tertiary/aromatic N) is 1. The van der Waals surface area contributed by atoms with Crippen LogP contribution in [0, 0.1) is 0 Å². The number of rotatable bonds is 1. The summed E-state index contributed by atoms with van der Waals surface area (Å²) in [7, 11) is 0. The van der Waals surface area contributed by atoms with Crippen LogP contribution in [0.25, 0.3) is 0 Å². The van der Waals surface area contributed by atoms with Crippen LogP contribution >= 0.6 is 33.9 Å². The summed E-state index contributed by atoms with van der Waals surface area (Å²) in [5, 5.41) is 3.40. The zero-order valence-corrected chi connectivity index (χ0v) is 11.8. The summed E-state index contributed by atoms with van der Waals surface area (Å²) >= 11 is 4.20. The fourth-order valence-electron chi connectivity index (χ4n) is 0.891. The topological polar surface area (TPSA) is 12.9 Å². The van der Waals surface area contributed by atoms with E-state index in [4.69, 9.17) is 0 Å². The Labute approximate surface area is 98.1 Å². The smallest absolute Gasteiger partial charge is 0.108 e. The molecule has 1 aromatic rings. The van der Waals surface area contributed by atoms with E-state index >= 15 is 0 Å². The Balaban J connectivity index is 3.01. The fourth-order valence-corrected chi connectivity index (χ4v) is 2.45. The molecule has 0 aliphatic heterocycles. The molecule has 13 heavy (non-hydrogen) atoms. The molecule has 1 heterocycles. The predicted molar refractivity (Wildman–Crippen MR) is 67.9 cm³/mol. The van der Waals surface area contributed by atoms with Crippen molar-refractivity contribution in [1.82, 2.24) is 4.98 Å². The van der Waals surface area contributed by atoms with Gasteiger partial charge in [-0.15, -0.1) is 11.3 Å². The van der Waals surface area contributed by atoms with Gasteiger partial charge in [-0.1, -0.05) is 43.4 Å². The van der Waals surface area contributed by atoms with Crippen molar-refractivity contribution >= 4 is 33.9 Å². The third kappa shape index (κ3) is 2.91. The average molecular weight is 309 g/mol. The summed E-state index contributed by atoms with van der Waals surface area (Å²) in [5.74, 6) is 0. The van der Waals surface area contributed by atoms with Crippen LogP contribution in [0.5, 0.6) is 0 Å². The maximum Gasteiger partial charge on any atom is 0.108 e. The van der Waals surface area contributed by atoms with Crippen molar-refractivity contribution in [2.75, 3.05) is 0 Å². The molecular formula is C10H16INS. The van der Waals surface area contributed by atoms with Crippen LogP contribution in [-0.4, -0.2) is 4.98 Å². The minimum atomic E-state index is 0.159. The van der Waals surface area contributed by atoms with E-state index in [1.165, 1.54) is 10.7 Å². The Morgan fingerprint density at radius 2 is 1.77 bits per heavy atom. The summed E-state index contributed by atoms with van der Waals surface area (Å²) in [6.45, 7) is 11.0. The lowest BCUT2D eigenvalue weighted by Gasteiger charge is -2.16. The number of alkyl halides is 1. The molecule has 0 unspecified atom stereocenters. The third-order valence-corrected chi connectivity index (χ3v) is 3.82. The van der Waals surface area contributed by atoms with Crippen LogP contribution < -0.4 is 0 Å². The van der Waals surface area contributed by atoms with E-state index in [1.54, 1.807) is 11.3 Å². The Hall–Kier alpha value is 0.360. The molecule has 0 radical (unpaired) electrons. The quantitative estimate of drug-likeness (QED) is 0.562. The van der Waals surface area contributed by atoms with E-state index in [1.807, 2.05) is 0 Å². The Kier molecular flexibility index (Phi) is 3.08. The lowest BCUT2D eigenvalue weighted by atomic mass is 9.93. The molecule has 0 fully saturated rings. The second kappa shape index (κ2) is 3.50. The van der Waals surface area contributed by atoms with Crippen molar-refractivity contribution in [2.24, 2.45) is 0 Å². The molecular weight excluding hydrogens is 293 g/mol. The van der Waals surface area contributed by atoms with E-state index in [0.29, 0.717) is 0 Å². The lowest BCUT2D eigenvalue weighted by molar-refractivity contribution is 0.568. The molecule has 1 aromatic heterocycles. The number of hydrogen-bond donors (Lipinski definition) is 0. The average Bonchev–Trinajstić information content (AvgIpc) is 2.28. The Morgan fingerprint density at radius 3 is 2.00 bits per heavy atom. The monoisotopic (exact) mass is 309 g/mol. The third-order valence-electron chi connectivity index (χ3n) is 1.78. The highest BCUT2D eigenvalue weighted by molar-refractivity contribution is 14.1. The van der Waals surface area contributed by atoms with Crippen molar-refractivity contribution < 1.29 is 0 Å². The Bertz CT molecular complexity index is 262. The molecule has 0 spiro atoms. The highest BCUT2D eigenvalue weighted by Crippen LogP contribution is 2.35. The molecule has 0 aromatic carbocycles. The van der Waals surface area contributed by atoms with Crippen LogP contribution in [0.15, 0.2) is 5.38 Å². The fraction of sp³-hybridized carbons (Fsp3) is 0.700. The van der Waals surface area contributed by atoms with Crippen molar-refractivity contribution in [2.45, 2.75) is 43.5 Å². The highest BCUT2D eigenvalue weighted by atomic mass is 127. The van der Waals surface area contributed by atoms with Crippen LogP contribution in [0.1, 0.15) is 45.3 Å². The van der Waals surface area contributed by atoms with E-state index in [-0.39, 0.29) is 8.84 Å². The molecule has 74 valence electrons. The summed E-state index contributed by atoms with van der Waals surface area (Å²) in [5.41, 5.74) is 1.38. The van der Waals surface area contributed by atoms with Crippen LogP contribution in [0.4, 0.5) is 0 Å². The molecule has 0 aliphatic carbocycles. The largest absolute Gasteiger partial charge is 0.244 e. The number of thiazole rings is 1. The van der Waals surface area contributed by atoms with Gasteiger partial charge in [0.1, 0.15) is 5.01 Å². The van der Waals surface area contributed by atoms with Crippen LogP contribution in [0.3, 0.4) is 0 Å². The highest BCUT2D eigenvalue weighted by Gasteiger charge is 2.23. The van der Waals surface area contributed by atoms with Crippen molar-refractivity contribution in [3.63, 3.8) is 0 Å². The maximum absolute atomic E-state index is 4.66. The van der Waals surface area contributed by atoms with Gasteiger partial charge in [0.05, 0.1) is 9.12 Å². The minimum Gasteiger partial charge on any atom is -0.244 e. The second-order valence-corrected chi connectivity index (χ2v) is 8.32. The van der Waals surface area contributed by atoms with Gasteiger partial charge >= 0.3 is 0 Å². The van der Waals surface area contributed by atoms with Gasteiger partial charge in [0, 0.05) is 10.8 Å². The van der Waals surface area contributed by atoms with E-state index < -0.39 is 0 Å². The molecule has 0 bridgehead atoms. The predicted octanol–water partition coefficient (Wildman–Crippen LogP) is 4.11. The zero-order valence-electron chi connectivity index (χ0n) is 8.81. The number of aromatic nitrogens is 1. The standard InChI is InChI=1S/C10H16INS/c1-9(2,3)7-6-13-8(12-7)10(4,5)11/h6H,1-5H3. The number of hydrogen-bond acceptors (Lipinski definition) is 2. The summed E-state index contributed by atoms with van der Waals surface area (Å²) in [6, 6.07) is 0. The SMILES string of the molecule is CC(C)(C)c1csc(C(C)(C)I)n1. The summed E-state index contributed by atoms with van der Waals surface area (Å²) in [4.78, 5) is 4.66. The van der Waals surface area contributed by atoms with E-state index in [2.05, 4.69) is 67.6 Å². The molecule has 0 aliphatic rings. The van der Waals surface area contributed by atoms with Crippen molar-refractivity contribution in [1.29, 1.82) is 0 Å². The Morgan fingerprint density at radius 1 is 1.23 bits per heavy atom. The van der Waals surface area contributed by atoms with Gasteiger partial charge in [0.2, 0.25) is 0 Å². The van der Waals surface area contributed by atoms with Gasteiger partial charge in [-0.25, -0.2) is 4.98 Å². The van der Waals surface area contributed by atoms with E-state index in [0.717, 1.165) is 0 Å². The zero-order chi connectivity index (χ0) is 10.3. The lowest BCUT2D eigenvalue weighted by Crippen LogP contribution is -2.13. The van der Waals surface area contributed by atoms with Gasteiger partial charge in [0.15, 0.2) is 0 Å². The van der Waals surface area contributed by atoms with Gasteiger partial charge < -0.3 is 0 Å². The summed E-state index contributed by atoms with van der Waals surface area (Å²) in [6.07, 6.45) is 0. The minimum absolute atomic E-state index is 0.159. The van der Waals surface area contributed by atoms with E-state index in [9.17, 15) is 0 Å². The molecule has 0 N–H and O–H groups in total. The summed E-state index contributed by atoms with van der Waals surface area (Å²) < 4.78 is 0.159. The molecule has 0 saturated carbocycles. The first-order valence-corrected chi connectivity index (χ1v) is 6.32. The van der Waals surface area contributed by atoms with Crippen molar-refractivity contribution in [3.8, 4) is 0 Å². The number of halogens is 1. The molecule has 0 amide bonds. The first kappa shape index (κ1) is 11.4. The molecule has 0 saturated heterocycles. The maximum atomic E-state index is 4.66. The van der Waals surface area contributed by atoms with Crippen molar-refractivity contribution in [3.05, 3.63) is 16.1 Å². The first-order chi connectivity index (χ1) is 5.71.